The van der Waals surface area contributed by atoms with Crippen molar-refractivity contribution in [2.24, 2.45) is 0 Å². The van der Waals surface area contributed by atoms with Crippen molar-refractivity contribution >= 4 is 33.4 Å². The summed E-state index contributed by atoms with van der Waals surface area (Å²) in [5.41, 5.74) is 0.177. The molecule has 10 heteroatoms. The van der Waals surface area contributed by atoms with E-state index in [1.807, 2.05) is 0 Å². The number of hydrogen-bond acceptors (Lipinski definition) is 7. The molecule has 0 aromatic heterocycles. The van der Waals surface area contributed by atoms with E-state index in [0.717, 1.165) is 6.07 Å². The maximum Gasteiger partial charge on any atom is 0.338 e. The molecule has 0 unspecified atom stereocenters. The molecule has 0 heterocycles. The van der Waals surface area contributed by atoms with E-state index in [-0.39, 0.29) is 39.9 Å². The van der Waals surface area contributed by atoms with Crippen LogP contribution in [0.1, 0.15) is 41.5 Å². The molecule has 0 aliphatic rings. The number of Topliss-reactive ketones (excluding diaryl/α,β-unsaturated/α-hetero) is 1. The Kier molecular flexibility index (Phi) is 8.65. The standard InChI is InChI=1S/C22H26ClNO7S/c1-6-24(7-2)32(27,28)20-12-15(8-11-18(20)23)22(26)31-14(3)21(25)17-10-9-16(29-4)13-19(17)30-5/h8-14H,6-7H2,1-5H3/t14-/m1/s1. The van der Waals surface area contributed by atoms with Gasteiger partial charge in [-0.3, -0.25) is 4.79 Å². The lowest BCUT2D eigenvalue weighted by Crippen LogP contribution is -2.31. The lowest BCUT2D eigenvalue weighted by atomic mass is 10.1. The molecule has 0 amide bonds. The zero-order valence-electron chi connectivity index (χ0n) is 18.5. The lowest BCUT2D eigenvalue weighted by molar-refractivity contribution is 0.0317. The first-order chi connectivity index (χ1) is 15.1. The summed E-state index contributed by atoms with van der Waals surface area (Å²) in [6, 6.07) is 8.47. The largest absolute Gasteiger partial charge is 0.497 e. The fourth-order valence-corrected chi connectivity index (χ4v) is 4.99. The normalized spacial score (nSPS) is 12.3. The van der Waals surface area contributed by atoms with Gasteiger partial charge in [-0.05, 0) is 37.3 Å². The van der Waals surface area contributed by atoms with Crippen molar-refractivity contribution in [2.45, 2.75) is 31.8 Å². The van der Waals surface area contributed by atoms with Crippen LogP contribution in [0.5, 0.6) is 11.5 Å². The molecule has 1 atom stereocenters. The van der Waals surface area contributed by atoms with Crippen LogP contribution in [0, 0.1) is 0 Å². The molecular weight excluding hydrogens is 458 g/mol. The van der Waals surface area contributed by atoms with E-state index in [4.69, 9.17) is 25.8 Å². The zero-order chi connectivity index (χ0) is 24.1. The van der Waals surface area contributed by atoms with Crippen molar-refractivity contribution in [3.63, 3.8) is 0 Å². The third kappa shape index (κ3) is 5.40. The number of benzene rings is 2. The highest BCUT2D eigenvalue weighted by atomic mass is 35.5. The molecule has 0 N–H and O–H groups in total. The Morgan fingerprint density at radius 2 is 1.69 bits per heavy atom. The Bertz CT molecular complexity index is 1100. The van der Waals surface area contributed by atoms with Gasteiger partial charge in [0.05, 0.1) is 30.4 Å². The average molecular weight is 484 g/mol. The summed E-state index contributed by atoms with van der Waals surface area (Å²) in [6.45, 7) is 5.33. The van der Waals surface area contributed by atoms with Gasteiger partial charge in [0.25, 0.3) is 0 Å². The van der Waals surface area contributed by atoms with Crippen molar-refractivity contribution in [2.75, 3.05) is 27.3 Å². The van der Waals surface area contributed by atoms with Crippen molar-refractivity contribution in [3.8, 4) is 11.5 Å². The van der Waals surface area contributed by atoms with Gasteiger partial charge in [0, 0.05) is 19.2 Å². The number of rotatable bonds is 10. The van der Waals surface area contributed by atoms with E-state index in [1.165, 1.54) is 43.6 Å². The summed E-state index contributed by atoms with van der Waals surface area (Å²) >= 11 is 6.10. The van der Waals surface area contributed by atoms with Gasteiger partial charge < -0.3 is 14.2 Å². The second kappa shape index (κ2) is 10.8. The van der Waals surface area contributed by atoms with Crippen molar-refractivity contribution in [3.05, 3.63) is 52.5 Å². The summed E-state index contributed by atoms with van der Waals surface area (Å²) < 4.78 is 42.6. The first-order valence-corrected chi connectivity index (χ1v) is 11.7. The van der Waals surface area contributed by atoms with Gasteiger partial charge in [0.2, 0.25) is 15.8 Å². The number of halogens is 1. The van der Waals surface area contributed by atoms with E-state index in [1.54, 1.807) is 26.0 Å². The smallest absolute Gasteiger partial charge is 0.338 e. The highest BCUT2D eigenvalue weighted by Gasteiger charge is 2.28. The van der Waals surface area contributed by atoms with Gasteiger partial charge in [-0.15, -0.1) is 0 Å². The number of sulfonamides is 1. The fourth-order valence-electron chi connectivity index (χ4n) is 3.03. The maximum atomic E-state index is 12.8. The van der Waals surface area contributed by atoms with Crippen LogP contribution in [0.25, 0.3) is 0 Å². The van der Waals surface area contributed by atoms with E-state index in [2.05, 4.69) is 0 Å². The van der Waals surface area contributed by atoms with Crippen LogP contribution in [-0.2, 0) is 14.8 Å². The summed E-state index contributed by atoms with van der Waals surface area (Å²) in [5, 5.41) is -0.0134. The molecule has 2 rings (SSSR count). The van der Waals surface area contributed by atoms with Crippen LogP contribution in [0.4, 0.5) is 0 Å². The summed E-state index contributed by atoms with van der Waals surface area (Å²) in [4.78, 5) is 25.3. The van der Waals surface area contributed by atoms with Crippen LogP contribution in [0.3, 0.4) is 0 Å². The summed E-state index contributed by atoms with van der Waals surface area (Å²) in [6.07, 6.45) is -1.15. The summed E-state index contributed by atoms with van der Waals surface area (Å²) in [5.74, 6) is -0.559. The second-order valence-corrected chi connectivity index (χ2v) is 9.03. The number of ether oxygens (including phenoxy) is 3. The van der Waals surface area contributed by atoms with E-state index in [9.17, 15) is 18.0 Å². The number of nitrogens with zero attached hydrogens (tertiary/aromatic N) is 1. The Labute approximate surface area is 193 Å². The number of ketones is 1. The van der Waals surface area contributed by atoms with Gasteiger partial charge in [-0.25, -0.2) is 13.2 Å². The molecule has 0 aliphatic carbocycles. The molecule has 2 aromatic carbocycles. The molecule has 2 aromatic rings. The average Bonchev–Trinajstić information content (AvgIpc) is 2.78. The van der Waals surface area contributed by atoms with Crippen LogP contribution < -0.4 is 9.47 Å². The molecule has 0 spiro atoms. The zero-order valence-corrected chi connectivity index (χ0v) is 20.1. The Balaban J connectivity index is 2.29. The molecule has 0 radical (unpaired) electrons. The monoisotopic (exact) mass is 483 g/mol. The minimum Gasteiger partial charge on any atom is -0.497 e. The number of carbonyl (C=O) groups is 2. The van der Waals surface area contributed by atoms with Crippen LogP contribution in [-0.4, -0.2) is 57.9 Å². The highest BCUT2D eigenvalue weighted by Crippen LogP contribution is 2.28. The van der Waals surface area contributed by atoms with Gasteiger partial charge >= 0.3 is 5.97 Å². The number of methoxy groups -OCH3 is 2. The van der Waals surface area contributed by atoms with Gasteiger partial charge in [-0.1, -0.05) is 25.4 Å². The maximum absolute atomic E-state index is 12.8. The van der Waals surface area contributed by atoms with Crippen LogP contribution in [0.2, 0.25) is 5.02 Å². The molecule has 174 valence electrons. The SMILES string of the molecule is CCN(CC)S(=O)(=O)c1cc(C(=O)O[C@H](C)C(=O)c2ccc(OC)cc2OC)ccc1Cl. The third-order valence-corrected chi connectivity index (χ3v) is 7.35. The second-order valence-electron chi connectivity index (χ2n) is 6.71. The summed E-state index contributed by atoms with van der Waals surface area (Å²) in [7, 11) is -0.995. The molecular formula is C22H26ClNO7S. The first-order valence-electron chi connectivity index (χ1n) is 9.87. The first kappa shape index (κ1) is 25.6. The number of esters is 1. The predicted octanol–water partition coefficient (Wildman–Crippen LogP) is 3.82. The van der Waals surface area contributed by atoms with Crippen molar-refractivity contribution < 1.29 is 32.2 Å². The van der Waals surface area contributed by atoms with Gasteiger partial charge in [-0.2, -0.15) is 4.31 Å². The third-order valence-electron chi connectivity index (χ3n) is 4.82. The van der Waals surface area contributed by atoms with E-state index < -0.39 is 27.9 Å². The molecule has 0 saturated heterocycles. The molecule has 32 heavy (non-hydrogen) atoms. The predicted molar refractivity (Wildman–Crippen MR) is 120 cm³/mol. The molecule has 8 nitrogen and oxygen atoms in total. The van der Waals surface area contributed by atoms with Gasteiger partial charge in [0.1, 0.15) is 16.4 Å². The minimum atomic E-state index is -3.89. The quantitative estimate of drug-likeness (QED) is 0.374. The highest BCUT2D eigenvalue weighted by molar-refractivity contribution is 7.89. The topological polar surface area (TPSA) is 99.2 Å². The minimum absolute atomic E-state index is 0.0134. The molecule has 0 aliphatic heterocycles. The van der Waals surface area contributed by atoms with E-state index >= 15 is 0 Å². The molecule has 0 saturated carbocycles. The van der Waals surface area contributed by atoms with Crippen molar-refractivity contribution in [1.29, 1.82) is 0 Å². The Hall–Kier alpha value is -2.62. The Morgan fingerprint density at radius 3 is 2.25 bits per heavy atom. The number of carbonyl (C=O) groups excluding carboxylic acids is 2. The van der Waals surface area contributed by atoms with E-state index in [0.29, 0.717) is 5.75 Å². The fraction of sp³-hybridized carbons (Fsp3) is 0.364. The van der Waals surface area contributed by atoms with Crippen LogP contribution >= 0.6 is 11.6 Å². The Morgan fingerprint density at radius 1 is 1.03 bits per heavy atom. The lowest BCUT2D eigenvalue weighted by Gasteiger charge is -2.20. The number of hydrogen-bond donors (Lipinski definition) is 0. The van der Waals surface area contributed by atoms with Crippen molar-refractivity contribution in [1.82, 2.24) is 4.31 Å². The molecule has 0 fully saturated rings. The molecule has 0 bridgehead atoms. The van der Waals surface area contributed by atoms with Gasteiger partial charge in [0.15, 0.2) is 6.10 Å². The van der Waals surface area contributed by atoms with Crippen LogP contribution in [0.15, 0.2) is 41.3 Å².